The first-order valence-corrected chi connectivity index (χ1v) is 8.35. The van der Waals surface area contributed by atoms with Gasteiger partial charge in [-0.1, -0.05) is 29.8 Å². The molecule has 2 heterocycles. The maximum atomic E-state index is 12.5. The van der Waals surface area contributed by atoms with Gasteiger partial charge in [-0.15, -0.1) is 0 Å². The molecule has 1 aromatic heterocycles. The van der Waals surface area contributed by atoms with Crippen molar-refractivity contribution in [1.82, 2.24) is 14.4 Å². The lowest BCUT2D eigenvalue weighted by Gasteiger charge is -2.38. The first-order valence-electron chi connectivity index (χ1n) is 7.97. The van der Waals surface area contributed by atoms with Gasteiger partial charge in [-0.25, -0.2) is 0 Å². The maximum absolute atomic E-state index is 12.5. The highest BCUT2D eigenvalue weighted by atomic mass is 35.5. The molecular formula is C18H22ClN3O. The Morgan fingerprint density at radius 3 is 2.39 bits per heavy atom. The van der Waals surface area contributed by atoms with Crippen LogP contribution in [0.3, 0.4) is 0 Å². The van der Waals surface area contributed by atoms with Crippen LogP contribution in [0.15, 0.2) is 42.6 Å². The normalized spacial score (nSPS) is 17.3. The van der Waals surface area contributed by atoms with Crippen LogP contribution in [-0.4, -0.2) is 46.5 Å². The van der Waals surface area contributed by atoms with Gasteiger partial charge in [-0.05, 0) is 30.7 Å². The van der Waals surface area contributed by atoms with Crippen molar-refractivity contribution in [2.24, 2.45) is 7.05 Å². The quantitative estimate of drug-likeness (QED) is 0.864. The van der Waals surface area contributed by atoms with E-state index in [-0.39, 0.29) is 11.9 Å². The highest BCUT2D eigenvalue weighted by Crippen LogP contribution is 2.27. The lowest BCUT2D eigenvalue weighted by Crippen LogP contribution is -2.49. The number of hydrogen-bond donors (Lipinski definition) is 0. The smallest absolute Gasteiger partial charge is 0.270 e. The Balaban J connectivity index is 1.63. The van der Waals surface area contributed by atoms with Crippen molar-refractivity contribution in [1.29, 1.82) is 0 Å². The van der Waals surface area contributed by atoms with E-state index in [1.807, 2.05) is 53.0 Å². The van der Waals surface area contributed by atoms with Gasteiger partial charge in [-0.2, -0.15) is 0 Å². The molecule has 23 heavy (non-hydrogen) atoms. The van der Waals surface area contributed by atoms with Crippen LogP contribution in [0.25, 0.3) is 0 Å². The van der Waals surface area contributed by atoms with Gasteiger partial charge in [0.15, 0.2) is 0 Å². The predicted octanol–water partition coefficient (Wildman–Crippen LogP) is 3.20. The van der Waals surface area contributed by atoms with E-state index in [1.165, 1.54) is 0 Å². The summed E-state index contributed by atoms with van der Waals surface area (Å²) in [5.74, 6) is 0.113. The van der Waals surface area contributed by atoms with E-state index in [4.69, 9.17) is 11.6 Å². The first-order chi connectivity index (χ1) is 11.1. The molecule has 1 aliphatic rings. The summed E-state index contributed by atoms with van der Waals surface area (Å²) in [7, 11) is 1.91. The zero-order valence-corrected chi connectivity index (χ0v) is 14.3. The number of amides is 1. The number of carbonyl (C=O) groups is 1. The summed E-state index contributed by atoms with van der Waals surface area (Å²) >= 11 is 6.31. The lowest BCUT2D eigenvalue weighted by molar-refractivity contribution is 0.0573. The number of halogens is 1. The van der Waals surface area contributed by atoms with Crippen molar-refractivity contribution in [2.75, 3.05) is 26.2 Å². The summed E-state index contributed by atoms with van der Waals surface area (Å²) in [4.78, 5) is 16.9. The molecule has 1 aromatic carbocycles. The van der Waals surface area contributed by atoms with E-state index in [0.29, 0.717) is 0 Å². The standard InChI is InChI=1S/C18H22ClN3O/c1-14(15-6-3-4-7-16(15)19)21-10-12-22(13-11-21)18(23)17-8-5-9-20(17)2/h3-9,14H,10-13H2,1-2H3. The lowest BCUT2D eigenvalue weighted by atomic mass is 10.1. The summed E-state index contributed by atoms with van der Waals surface area (Å²) in [5.41, 5.74) is 1.90. The van der Waals surface area contributed by atoms with Crippen LogP contribution in [-0.2, 0) is 7.05 Å². The minimum absolute atomic E-state index is 0.113. The molecular weight excluding hydrogens is 310 g/mol. The average Bonchev–Trinajstić information content (AvgIpc) is 3.00. The SMILES string of the molecule is CC(c1ccccc1Cl)N1CCN(C(=O)c2cccn2C)CC1. The number of piperazine rings is 1. The summed E-state index contributed by atoms with van der Waals surface area (Å²) in [5, 5.41) is 0.808. The second-order valence-corrected chi connectivity index (χ2v) is 6.44. The second-order valence-electron chi connectivity index (χ2n) is 6.03. The molecule has 2 aromatic rings. The molecule has 0 radical (unpaired) electrons. The predicted molar refractivity (Wildman–Crippen MR) is 92.8 cm³/mol. The Hall–Kier alpha value is -1.78. The van der Waals surface area contributed by atoms with Crippen molar-refractivity contribution in [3.63, 3.8) is 0 Å². The van der Waals surface area contributed by atoms with E-state index in [9.17, 15) is 4.79 Å². The van der Waals surface area contributed by atoms with E-state index >= 15 is 0 Å². The number of benzene rings is 1. The molecule has 1 amide bonds. The van der Waals surface area contributed by atoms with E-state index in [1.54, 1.807) is 0 Å². The number of rotatable bonds is 3. The topological polar surface area (TPSA) is 28.5 Å². The van der Waals surface area contributed by atoms with Gasteiger partial charge >= 0.3 is 0 Å². The van der Waals surface area contributed by atoms with Crippen LogP contribution in [0, 0.1) is 0 Å². The van der Waals surface area contributed by atoms with E-state index in [2.05, 4.69) is 17.9 Å². The number of hydrogen-bond acceptors (Lipinski definition) is 2. The molecule has 0 saturated carbocycles. The molecule has 1 saturated heterocycles. The number of aromatic nitrogens is 1. The maximum Gasteiger partial charge on any atom is 0.270 e. The Bertz CT molecular complexity index is 689. The number of carbonyl (C=O) groups excluding carboxylic acids is 1. The van der Waals surface area contributed by atoms with Crippen molar-refractivity contribution in [3.05, 3.63) is 58.9 Å². The summed E-state index contributed by atoms with van der Waals surface area (Å²) in [6.07, 6.45) is 1.91. The van der Waals surface area contributed by atoms with Crippen molar-refractivity contribution in [3.8, 4) is 0 Å². The van der Waals surface area contributed by atoms with Crippen LogP contribution >= 0.6 is 11.6 Å². The first kappa shape index (κ1) is 16.1. The van der Waals surface area contributed by atoms with E-state index in [0.717, 1.165) is 42.5 Å². The van der Waals surface area contributed by atoms with Crippen LogP contribution in [0.1, 0.15) is 29.0 Å². The molecule has 5 heteroatoms. The third-order valence-corrected chi connectivity index (χ3v) is 5.01. The third kappa shape index (κ3) is 3.28. The summed E-state index contributed by atoms with van der Waals surface area (Å²) in [6, 6.07) is 12.0. The van der Waals surface area contributed by atoms with Gasteiger partial charge in [0.05, 0.1) is 0 Å². The molecule has 4 nitrogen and oxygen atoms in total. The van der Waals surface area contributed by atoms with Gasteiger partial charge < -0.3 is 9.47 Å². The van der Waals surface area contributed by atoms with Gasteiger partial charge in [0.25, 0.3) is 5.91 Å². The fourth-order valence-electron chi connectivity index (χ4n) is 3.17. The summed E-state index contributed by atoms with van der Waals surface area (Å²) < 4.78 is 1.88. The minimum Gasteiger partial charge on any atom is -0.347 e. The molecule has 0 bridgehead atoms. The molecule has 1 aliphatic heterocycles. The van der Waals surface area contributed by atoms with Gasteiger partial charge in [-0.3, -0.25) is 9.69 Å². The Morgan fingerprint density at radius 2 is 1.78 bits per heavy atom. The van der Waals surface area contributed by atoms with Gasteiger partial charge in [0.1, 0.15) is 5.69 Å². The monoisotopic (exact) mass is 331 g/mol. The molecule has 122 valence electrons. The molecule has 0 aliphatic carbocycles. The molecule has 1 fully saturated rings. The van der Waals surface area contributed by atoms with Crippen molar-refractivity contribution < 1.29 is 4.79 Å². The third-order valence-electron chi connectivity index (χ3n) is 4.67. The molecule has 0 spiro atoms. The van der Waals surface area contributed by atoms with Crippen LogP contribution < -0.4 is 0 Å². The summed E-state index contributed by atoms with van der Waals surface area (Å²) in [6.45, 7) is 5.40. The molecule has 3 rings (SSSR count). The molecule has 1 unspecified atom stereocenters. The Morgan fingerprint density at radius 1 is 1.09 bits per heavy atom. The van der Waals surface area contributed by atoms with Crippen LogP contribution in [0.2, 0.25) is 5.02 Å². The highest BCUT2D eigenvalue weighted by molar-refractivity contribution is 6.31. The number of nitrogens with zero attached hydrogens (tertiary/aromatic N) is 3. The van der Waals surface area contributed by atoms with Crippen molar-refractivity contribution >= 4 is 17.5 Å². The largest absolute Gasteiger partial charge is 0.347 e. The zero-order valence-electron chi connectivity index (χ0n) is 13.6. The van der Waals surface area contributed by atoms with Crippen molar-refractivity contribution in [2.45, 2.75) is 13.0 Å². The molecule has 1 atom stereocenters. The van der Waals surface area contributed by atoms with Gasteiger partial charge in [0.2, 0.25) is 0 Å². The van der Waals surface area contributed by atoms with Gasteiger partial charge in [0, 0.05) is 50.5 Å². The van der Waals surface area contributed by atoms with Crippen LogP contribution in [0.5, 0.6) is 0 Å². The fraction of sp³-hybridized carbons (Fsp3) is 0.389. The fourth-order valence-corrected chi connectivity index (χ4v) is 3.46. The van der Waals surface area contributed by atoms with Crippen LogP contribution in [0.4, 0.5) is 0 Å². The van der Waals surface area contributed by atoms with E-state index < -0.39 is 0 Å². The zero-order chi connectivity index (χ0) is 16.4. The minimum atomic E-state index is 0.113. The number of aryl methyl sites for hydroxylation is 1. The average molecular weight is 332 g/mol. The Labute approximate surface area is 142 Å². The molecule has 0 N–H and O–H groups in total. The highest BCUT2D eigenvalue weighted by Gasteiger charge is 2.26. The Kier molecular flexibility index (Phi) is 4.74. The second kappa shape index (κ2) is 6.77.